The largest absolute Gasteiger partial charge is 0.317 e. The van der Waals surface area contributed by atoms with Gasteiger partial charge in [0.25, 0.3) is 0 Å². The Balaban J connectivity index is 0. The van der Waals surface area contributed by atoms with Crippen LogP contribution in [-0.2, 0) is 8.26 Å². The second-order valence-corrected chi connectivity index (χ2v) is 9.22. The van der Waals surface area contributed by atoms with Crippen molar-refractivity contribution in [2.45, 2.75) is 0 Å². The molecule has 0 saturated heterocycles. The zero-order chi connectivity index (χ0) is 8.08. The topological polar surface area (TPSA) is 34.1 Å². The van der Waals surface area contributed by atoms with E-state index in [4.69, 9.17) is 42.1 Å². The average Bonchev–Trinajstić information content (AvgIpc) is 1.19. The Morgan fingerprint density at radius 1 is 1.00 bits per heavy atom. The predicted molar refractivity (Wildman–Crippen MR) is 45.1 cm³/mol. The summed E-state index contributed by atoms with van der Waals surface area (Å²) in [5.41, 5.74) is 0. The summed E-state index contributed by atoms with van der Waals surface area (Å²) in [6, 6.07) is 0. The van der Waals surface area contributed by atoms with Crippen molar-refractivity contribution in [2.75, 3.05) is 0 Å². The highest BCUT2D eigenvalue weighted by molar-refractivity contribution is 8.31. The number of rotatable bonds is 0. The van der Waals surface area contributed by atoms with Crippen molar-refractivity contribution in [2.24, 2.45) is 0 Å². The van der Waals surface area contributed by atoms with Crippen molar-refractivity contribution in [3.05, 3.63) is 0 Å². The summed E-state index contributed by atoms with van der Waals surface area (Å²) in [5, 5.41) is 0. The van der Waals surface area contributed by atoms with Crippen LogP contribution in [0, 0.1) is 0 Å². The van der Waals surface area contributed by atoms with Gasteiger partial charge in [0, 0.05) is 21.4 Å². The van der Waals surface area contributed by atoms with E-state index in [2.05, 4.69) is 21.4 Å². The third-order valence-corrected chi connectivity index (χ3v) is 0. The molecule has 0 aromatic heterocycles. The quantitative estimate of drug-likeness (QED) is 0.498. The Morgan fingerprint density at radius 3 is 1.00 bits per heavy atom. The fourth-order valence-corrected chi connectivity index (χ4v) is 0. The van der Waals surface area contributed by atoms with Crippen LogP contribution in [0.15, 0.2) is 0 Å². The van der Waals surface area contributed by atoms with Gasteiger partial charge in [-0.1, -0.05) is 33.7 Å². The van der Waals surface area contributed by atoms with E-state index < -0.39 is 14.2 Å². The molecule has 0 unspecified atom stereocenters. The lowest BCUT2D eigenvalue weighted by Crippen LogP contribution is -1.63. The molecule has 2 nitrogen and oxygen atoms in total. The minimum absolute atomic E-state index is 1.20. The molecule has 0 aromatic rings. The molecule has 0 radical (unpaired) electrons. The van der Waals surface area contributed by atoms with E-state index >= 15 is 0 Å². The van der Waals surface area contributed by atoms with Crippen LogP contribution in [0.4, 0.5) is 0 Å². The Bertz CT molecular complexity index is 126. The highest BCUT2D eigenvalue weighted by atomic mass is 36.0. The van der Waals surface area contributed by atoms with Gasteiger partial charge in [0.2, 0.25) is 0 Å². The van der Waals surface area contributed by atoms with Gasteiger partial charge in [-0.3, -0.25) is 0 Å². The maximum atomic E-state index is 9.16. The standard InChI is InChI=1S/Cl3P.Cl2O2S/c1-4(2)3;1-5(2,3)4. The van der Waals surface area contributed by atoms with Crippen LogP contribution in [-0.4, -0.2) is 8.42 Å². The molecule has 0 N–H and O–H groups in total. The minimum atomic E-state index is -3.72. The first-order chi connectivity index (χ1) is 3.73. The molecule has 0 fully saturated rings. The van der Waals surface area contributed by atoms with Crippen LogP contribution in [0.25, 0.3) is 0 Å². The van der Waals surface area contributed by atoms with E-state index in [0.717, 1.165) is 0 Å². The predicted octanol–water partition coefficient (Wildman–Crippen LogP) is 3.64. The molecule has 0 amide bonds. The molecule has 0 bridgehead atoms. The highest BCUT2D eigenvalue weighted by Crippen LogP contribution is 2.51. The molecular weight excluding hydrogens is 272 g/mol. The second kappa shape index (κ2) is 6.53. The molecule has 0 heterocycles. The molecule has 9 heteroatoms. The maximum absolute atomic E-state index is 9.16. The molecule has 0 rings (SSSR count). The lowest BCUT2D eigenvalue weighted by Gasteiger charge is -1.68. The molecule has 0 spiro atoms. The average molecular weight is 272 g/mol. The van der Waals surface area contributed by atoms with Crippen LogP contribution in [0.5, 0.6) is 0 Å². The highest BCUT2D eigenvalue weighted by Gasteiger charge is 1.88. The van der Waals surface area contributed by atoms with Crippen molar-refractivity contribution < 1.29 is 8.42 Å². The van der Waals surface area contributed by atoms with Gasteiger partial charge in [-0.05, 0) is 0 Å². The van der Waals surface area contributed by atoms with E-state index in [0.29, 0.717) is 0 Å². The van der Waals surface area contributed by atoms with Gasteiger partial charge < -0.3 is 0 Å². The van der Waals surface area contributed by atoms with Crippen LogP contribution in [0.1, 0.15) is 0 Å². The molecular formula is Cl5O2PS. The van der Waals surface area contributed by atoms with Crippen molar-refractivity contribution in [3.63, 3.8) is 0 Å². The van der Waals surface area contributed by atoms with Gasteiger partial charge in [-0.2, -0.15) is 8.42 Å². The Kier molecular flexibility index (Phi) is 9.75. The smallest absolute Gasteiger partial charge is 0.195 e. The zero-order valence-corrected chi connectivity index (χ0v) is 9.05. The van der Waals surface area contributed by atoms with E-state index in [1.54, 1.807) is 0 Å². The third-order valence-electron chi connectivity index (χ3n) is 0. The van der Waals surface area contributed by atoms with Crippen molar-refractivity contribution >= 4 is 69.3 Å². The van der Waals surface area contributed by atoms with Crippen molar-refractivity contribution in [1.82, 2.24) is 0 Å². The molecule has 0 aliphatic heterocycles. The molecule has 0 saturated carbocycles. The summed E-state index contributed by atoms with van der Waals surface area (Å²) in [4.78, 5) is 0. The maximum Gasteiger partial charge on any atom is 0.317 e. The van der Waals surface area contributed by atoms with E-state index in [-0.39, 0.29) is 0 Å². The fraction of sp³-hybridized carbons (Fsp3) is 0. The molecule has 58 valence electrons. The first-order valence-corrected chi connectivity index (χ1v) is 8.34. The van der Waals surface area contributed by atoms with Gasteiger partial charge >= 0.3 is 8.26 Å². The molecule has 0 atom stereocenters. The van der Waals surface area contributed by atoms with E-state index in [9.17, 15) is 0 Å². The fourth-order valence-electron chi connectivity index (χ4n) is 0. The lowest BCUT2D eigenvalue weighted by molar-refractivity contribution is 0.621. The van der Waals surface area contributed by atoms with Gasteiger partial charge in [0.1, 0.15) is 0 Å². The summed E-state index contributed by atoms with van der Waals surface area (Å²) < 4.78 is 18.3. The summed E-state index contributed by atoms with van der Waals surface area (Å²) in [5.74, 6) is -1.20. The van der Waals surface area contributed by atoms with Gasteiger partial charge in [-0.15, -0.1) is 0 Å². The van der Waals surface area contributed by atoms with Crippen LogP contribution < -0.4 is 0 Å². The number of hydrogen-bond donors (Lipinski definition) is 0. The van der Waals surface area contributed by atoms with E-state index in [1.807, 2.05) is 0 Å². The zero-order valence-electron chi connectivity index (χ0n) is 3.56. The molecule has 0 aromatic carbocycles. The number of halogens is 5. The third kappa shape index (κ3) is 180. The van der Waals surface area contributed by atoms with Crippen molar-refractivity contribution in [1.29, 1.82) is 0 Å². The van der Waals surface area contributed by atoms with Gasteiger partial charge in [0.15, 0.2) is 5.98 Å². The molecule has 0 aliphatic carbocycles. The SMILES string of the molecule is ClP(Cl)Cl.O=S(=O)(Cl)Cl. The monoisotopic (exact) mass is 270 g/mol. The van der Waals surface area contributed by atoms with Crippen molar-refractivity contribution in [3.8, 4) is 0 Å². The summed E-state index contributed by atoms with van der Waals surface area (Å²) in [6.45, 7) is 0. The van der Waals surface area contributed by atoms with E-state index in [1.165, 1.54) is 0 Å². The Hall–Kier alpha value is 1.83. The summed E-state index contributed by atoms with van der Waals surface area (Å²) >= 11 is 14.6. The number of hydrogen-bond acceptors (Lipinski definition) is 2. The first kappa shape index (κ1) is 13.4. The Morgan fingerprint density at radius 2 is 1.00 bits per heavy atom. The minimum Gasteiger partial charge on any atom is -0.195 e. The van der Waals surface area contributed by atoms with Gasteiger partial charge in [-0.25, -0.2) is 0 Å². The normalized spacial score (nSPS) is 10.4. The molecule has 9 heavy (non-hydrogen) atoms. The lowest BCUT2D eigenvalue weighted by atomic mass is 15.9. The summed E-state index contributed by atoms with van der Waals surface area (Å²) in [6.07, 6.45) is 0. The molecule has 0 aliphatic rings. The summed E-state index contributed by atoms with van der Waals surface area (Å²) in [7, 11) is 4.81. The second-order valence-electron chi connectivity index (χ2n) is 0.570. The van der Waals surface area contributed by atoms with Gasteiger partial charge in [0.05, 0.1) is 0 Å². The Labute approximate surface area is 77.4 Å². The first-order valence-electron chi connectivity index (χ1n) is 1.15. The van der Waals surface area contributed by atoms with Crippen LogP contribution in [0.2, 0.25) is 0 Å². The van der Waals surface area contributed by atoms with Crippen LogP contribution in [0.3, 0.4) is 0 Å². The van der Waals surface area contributed by atoms with Crippen LogP contribution >= 0.6 is 61.1 Å².